The molecule has 0 atom stereocenters. The normalized spacial score (nSPS) is 14.0. The van der Waals surface area contributed by atoms with Crippen molar-refractivity contribution in [3.05, 3.63) is 63.2 Å². The Labute approximate surface area is 147 Å². The van der Waals surface area contributed by atoms with E-state index in [2.05, 4.69) is 5.32 Å². The molecule has 1 N–H and O–H groups in total. The maximum absolute atomic E-state index is 12.3. The van der Waals surface area contributed by atoms with Crippen LogP contribution in [-0.4, -0.2) is 19.1 Å². The maximum atomic E-state index is 12.3. The second kappa shape index (κ2) is 7.55. The number of carbonyl (C=O) groups is 1. The molecular formula is C20H23NO4. The molecule has 0 spiro atoms. The molecule has 0 radical (unpaired) electrons. The number of amides is 1. The van der Waals surface area contributed by atoms with Crippen LogP contribution in [0, 0.1) is 6.92 Å². The van der Waals surface area contributed by atoms with Crippen LogP contribution in [-0.2, 0) is 12.8 Å². The van der Waals surface area contributed by atoms with Crippen molar-refractivity contribution in [3.63, 3.8) is 0 Å². The maximum Gasteiger partial charge on any atom is 0.349 e. The van der Waals surface area contributed by atoms with Gasteiger partial charge in [-0.3, -0.25) is 4.79 Å². The van der Waals surface area contributed by atoms with Gasteiger partial charge in [0, 0.05) is 12.5 Å². The minimum atomic E-state index is -0.554. The van der Waals surface area contributed by atoms with Gasteiger partial charge < -0.3 is 14.5 Å². The smallest absolute Gasteiger partial charge is 0.349 e. The molecule has 0 bridgehead atoms. The number of ether oxygens (including phenoxy) is 1. The van der Waals surface area contributed by atoms with Crippen LogP contribution in [0.1, 0.15) is 46.5 Å². The predicted molar refractivity (Wildman–Crippen MR) is 95.2 cm³/mol. The van der Waals surface area contributed by atoms with E-state index in [1.165, 1.54) is 0 Å². The van der Waals surface area contributed by atoms with Crippen molar-refractivity contribution in [1.29, 1.82) is 0 Å². The minimum Gasteiger partial charge on any atom is -0.497 e. The van der Waals surface area contributed by atoms with Gasteiger partial charge in [-0.2, -0.15) is 0 Å². The first-order valence-corrected chi connectivity index (χ1v) is 8.64. The summed E-state index contributed by atoms with van der Waals surface area (Å²) in [4.78, 5) is 24.5. The van der Waals surface area contributed by atoms with Crippen molar-refractivity contribution in [1.82, 2.24) is 5.32 Å². The third-order valence-corrected chi connectivity index (χ3v) is 4.69. The standard InChI is InChI=1S/C20H23NO4/c1-13-12-17(11-8-14-6-9-16(24-2)10-7-14)25-20(23)18(13)19(22)21-15-4-3-5-15/h6-7,9-10,12,15H,3-5,8,11H2,1-2H3,(H,21,22). The summed E-state index contributed by atoms with van der Waals surface area (Å²) in [7, 11) is 1.63. The lowest BCUT2D eigenvalue weighted by Gasteiger charge is -2.26. The zero-order valence-corrected chi connectivity index (χ0v) is 14.6. The van der Waals surface area contributed by atoms with Gasteiger partial charge in [0.25, 0.3) is 5.91 Å². The molecule has 3 rings (SSSR count). The average Bonchev–Trinajstić information content (AvgIpc) is 2.56. The lowest BCUT2D eigenvalue weighted by Crippen LogP contribution is -2.41. The molecule has 1 fully saturated rings. The Balaban J connectivity index is 1.68. The average molecular weight is 341 g/mol. The number of benzene rings is 1. The molecule has 1 saturated carbocycles. The first kappa shape index (κ1) is 17.3. The Bertz CT molecular complexity index is 803. The highest BCUT2D eigenvalue weighted by atomic mass is 16.5. The summed E-state index contributed by atoms with van der Waals surface area (Å²) in [6, 6.07) is 9.78. The van der Waals surface area contributed by atoms with Gasteiger partial charge in [-0.05, 0) is 61.9 Å². The third-order valence-electron chi connectivity index (χ3n) is 4.69. The Morgan fingerprint density at radius 1 is 1.24 bits per heavy atom. The van der Waals surface area contributed by atoms with Crippen molar-refractivity contribution >= 4 is 5.91 Å². The summed E-state index contributed by atoms with van der Waals surface area (Å²) in [6.07, 6.45) is 4.45. The molecule has 1 aromatic heterocycles. The SMILES string of the molecule is COc1ccc(CCc2cc(C)c(C(=O)NC3CCC3)c(=O)o2)cc1. The summed E-state index contributed by atoms with van der Waals surface area (Å²) in [5, 5.41) is 2.89. The van der Waals surface area contributed by atoms with Crippen molar-refractivity contribution in [3.8, 4) is 5.75 Å². The quantitative estimate of drug-likeness (QED) is 0.877. The molecule has 1 heterocycles. The topological polar surface area (TPSA) is 68.5 Å². The third kappa shape index (κ3) is 4.10. The van der Waals surface area contributed by atoms with E-state index in [-0.39, 0.29) is 17.5 Å². The monoisotopic (exact) mass is 341 g/mol. The van der Waals surface area contributed by atoms with Crippen molar-refractivity contribution in [2.24, 2.45) is 0 Å². The van der Waals surface area contributed by atoms with E-state index in [1.54, 1.807) is 20.1 Å². The van der Waals surface area contributed by atoms with E-state index < -0.39 is 5.63 Å². The predicted octanol–water partition coefficient (Wildman–Crippen LogP) is 3.02. The molecule has 0 unspecified atom stereocenters. The van der Waals surface area contributed by atoms with Crippen LogP contribution in [0.5, 0.6) is 5.75 Å². The van der Waals surface area contributed by atoms with Gasteiger partial charge in [-0.25, -0.2) is 4.79 Å². The second-order valence-corrected chi connectivity index (χ2v) is 6.51. The number of aryl methyl sites for hydroxylation is 3. The van der Waals surface area contributed by atoms with Crippen LogP contribution in [0.15, 0.2) is 39.5 Å². The lowest BCUT2D eigenvalue weighted by atomic mass is 9.93. The molecule has 0 saturated heterocycles. The molecule has 1 aromatic carbocycles. The van der Waals surface area contributed by atoms with Gasteiger partial charge in [-0.1, -0.05) is 12.1 Å². The van der Waals surface area contributed by atoms with Crippen LogP contribution >= 0.6 is 0 Å². The number of hydrogen-bond acceptors (Lipinski definition) is 4. The Morgan fingerprint density at radius 2 is 1.96 bits per heavy atom. The van der Waals surface area contributed by atoms with Crippen LogP contribution in [0.4, 0.5) is 0 Å². The molecule has 25 heavy (non-hydrogen) atoms. The van der Waals surface area contributed by atoms with Crippen LogP contribution in [0.2, 0.25) is 0 Å². The summed E-state index contributed by atoms with van der Waals surface area (Å²) < 4.78 is 10.5. The first-order chi connectivity index (χ1) is 12.1. The molecule has 1 aliphatic rings. The Hall–Kier alpha value is -2.56. The van der Waals surface area contributed by atoms with E-state index >= 15 is 0 Å². The molecule has 5 heteroatoms. The second-order valence-electron chi connectivity index (χ2n) is 6.51. The van der Waals surface area contributed by atoms with E-state index in [0.29, 0.717) is 17.7 Å². The number of hydrogen-bond donors (Lipinski definition) is 1. The fourth-order valence-corrected chi connectivity index (χ4v) is 2.94. The highest BCUT2D eigenvalue weighted by Crippen LogP contribution is 2.19. The van der Waals surface area contributed by atoms with Gasteiger partial charge in [0.15, 0.2) is 0 Å². The molecule has 5 nitrogen and oxygen atoms in total. The lowest BCUT2D eigenvalue weighted by molar-refractivity contribution is 0.0912. The van der Waals surface area contributed by atoms with E-state index in [9.17, 15) is 9.59 Å². The van der Waals surface area contributed by atoms with E-state index in [4.69, 9.17) is 9.15 Å². The van der Waals surface area contributed by atoms with Crippen molar-refractivity contribution in [2.45, 2.75) is 45.1 Å². The fourth-order valence-electron chi connectivity index (χ4n) is 2.94. The number of carbonyl (C=O) groups excluding carboxylic acids is 1. The highest BCUT2D eigenvalue weighted by Gasteiger charge is 2.23. The molecule has 132 valence electrons. The van der Waals surface area contributed by atoms with Crippen molar-refractivity contribution < 1.29 is 13.9 Å². The van der Waals surface area contributed by atoms with Gasteiger partial charge in [0.2, 0.25) is 0 Å². The molecule has 1 aliphatic carbocycles. The number of rotatable bonds is 6. The zero-order chi connectivity index (χ0) is 17.8. The van der Waals surface area contributed by atoms with E-state index in [1.807, 2.05) is 24.3 Å². The van der Waals surface area contributed by atoms with Crippen LogP contribution in [0.3, 0.4) is 0 Å². The highest BCUT2D eigenvalue weighted by molar-refractivity contribution is 5.95. The number of nitrogens with one attached hydrogen (secondary N) is 1. The first-order valence-electron chi connectivity index (χ1n) is 8.64. The summed E-state index contributed by atoms with van der Waals surface area (Å²) in [5.41, 5.74) is 1.37. The van der Waals surface area contributed by atoms with Crippen LogP contribution in [0.25, 0.3) is 0 Å². The van der Waals surface area contributed by atoms with E-state index in [0.717, 1.165) is 37.0 Å². The molecular weight excluding hydrogens is 318 g/mol. The number of methoxy groups -OCH3 is 1. The fraction of sp³-hybridized carbons (Fsp3) is 0.400. The molecule has 2 aromatic rings. The van der Waals surface area contributed by atoms with Crippen molar-refractivity contribution in [2.75, 3.05) is 7.11 Å². The minimum absolute atomic E-state index is 0.125. The van der Waals surface area contributed by atoms with Crippen LogP contribution < -0.4 is 15.7 Å². The molecule has 0 aliphatic heterocycles. The summed E-state index contributed by atoms with van der Waals surface area (Å²) in [6.45, 7) is 1.78. The zero-order valence-electron chi connectivity index (χ0n) is 14.6. The van der Waals surface area contributed by atoms with Gasteiger partial charge in [0.1, 0.15) is 17.1 Å². The summed E-state index contributed by atoms with van der Waals surface area (Å²) >= 11 is 0. The van der Waals surface area contributed by atoms with Gasteiger partial charge >= 0.3 is 5.63 Å². The Morgan fingerprint density at radius 3 is 2.52 bits per heavy atom. The summed E-state index contributed by atoms with van der Waals surface area (Å²) in [5.74, 6) is 1.09. The van der Waals surface area contributed by atoms with Gasteiger partial charge in [-0.15, -0.1) is 0 Å². The Kier molecular flexibility index (Phi) is 5.22. The largest absolute Gasteiger partial charge is 0.497 e. The van der Waals surface area contributed by atoms with Gasteiger partial charge in [0.05, 0.1) is 7.11 Å². The molecule has 1 amide bonds.